The topological polar surface area (TPSA) is 85.1 Å². The Hall–Kier alpha value is -2.28. The molecule has 3 N–H and O–H groups in total. The van der Waals surface area contributed by atoms with Crippen molar-refractivity contribution in [2.24, 2.45) is 5.73 Å². The normalized spacial score (nSPS) is 10.1. The van der Waals surface area contributed by atoms with E-state index in [0.717, 1.165) is 17.4 Å². The van der Waals surface area contributed by atoms with Gasteiger partial charge >= 0.3 is 0 Å². The maximum absolute atomic E-state index is 12.9. The predicted molar refractivity (Wildman–Crippen MR) is 65.0 cm³/mol. The summed E-state index contributed by atoms with van der Waals surface area (Å²) in [5, 5.41) is 2.69. The van der Waals surface area contributed by atoms with Crippen molar-refractivity contribution in [1.82, 2.24) is 4.98 Å². The molecule has 0 aliphatic carbocycles. The largest absolute Gasteiger partial charge is 0.365 e. The molecule has 0 unspecified atom stereocenters. The SMILES string of the molecule is NC(=O)c1cnc(NC(=O)c2cccc(F)c2)s1. The zero-order valence-corrected chi connectivity index (χ0v) is 9.83. The summed E-state index contributed by atoms with van der Waals surface area (Å²) < 4.78 is 12.9. The van der Waals surface area contributed by atoms with Gasteiger partial charge in [-0.05, 0) is 18.2 Å². The molecule has 2 aromatic rings. The first kappa shape index (κ1) is 12.2. The highest BCUT2D eigenvalue weighted by Crippen LogP contribution is 2.18. The zero-order chi connectivity index (χ0) is 13.1. The summed E-state index contributed by atoms with van der Waals surface area (Å²) in [6, 6.07) is 5.26. The minimum Gasteiger partial charge on any atom is -0.365 e. The highest BCUT2D eigenvalue weighted by molar-refractivity contribution is 7.17. The third-order valence-corrected chi connectivity index (χ3v) is 2.98. The Kier molecular flexibility index (Phi) is 3.33. The number of aromatic nitrogens is 1. The highest BCUT2D eigenvalue weighted by Gasteiger charge is 2.11. The fourth-order valence-corrected chi connectivity index (χ4v) is 1.91. The third-order valence-electron chi connectivity index (χ3n) is 2.06. The third kappa shape index (κ3) is 2.69. The molecule has 0 aliphatic heterocycles. The fourth-order valence-electron chi connectivity index (χ4n) is 1.24. The van der Waals surface area contributed by atoms with E-state index in [4.69, 9.17) is 5.73 Å². The molecule has 0 spiro atoms. The van der Waals surface area contributed by atoms with Crippen molar-refractivity contribution in [1.29, 1.82) is 0 Å². The number of carbonyl (C=O) groups is 2. The summed E-state index contributed by atoms with van der Waals surface area (Å²) in [4.78, 5) is 26.6. The van der Waals surface area contributed by atoms with Gasteiger partial charge in [-0.1, -0.05) is 17.4 Å². The number of amides is 2. The van der Waals surface area contributed by atoms with Crippen molar-refractivity contribution in [3.05, 3.63) is 46.7 Å². The summed E-state index contributed by atoms with van der Waals surface area (Å²) in [5.74, 6) is -1.61. The second-order valence-electron chi connectivity index (χ2n) is 3.36. The van der Waals surface area contributed by atoms with Gasteiger partial charge in [-0.3, -0.25) is 14.9 Å². The Bertz CT molecular complexity index is 612. The second-order valence-corrected chi connectivity index (χ2v) is 4.39. The Labute approximate surface area is 105 Å². The van der Waals surface area contributed by atoms with E-state index in [1.807, 2.05) is 0 Å². The van der Waals surface area contributed by atoms with Gasteiger partial charge in [0.2, 0.25) is 0 Å². The van der Waals surface area contributed by atoms with Gasteiger partial charge in [-0.15, -0.1) is 0 Å². The van der Waals surface area contributed by atoms with Gasteiger partial charge < -0.3 is 5.73 Å². The van der Waals surface area contributed by atoms with Gasteiger partial charge in [-0.2, -0.15) is 0 Å². The van der Waals surface area contributed by atoms with Crippen LogP contribution >= 0.6 is 11.3 Å². The van der Waals surface area contributed by atoms with Crippen LogP contribution in [0.1, 0.15) is 20.0 Å². The van der Waals surface area contributed by atoms with Gasteiger partial charge in [0, 0.05) is 5.56 Å². The molecule has 0 radical (unpaired) electrons. The first-order chi connectivity index (χ1) is 8.56. The number of anilines is 1. The Morgan fingerprint density at radius 1 is 1.39 bits per heavy atom. The van der Waals surface area contributed by atoms with Gasteiger partial charge in [0.25, 0.3) is 11.8 Å². The number of nitrogens with two attached hydrogens (primary N) is 1. The van der Waals surface area contributed by atoms with Crippen molar-refractivity contribution in [3.63, 3.8) is 0 Å². The number of carbonyl (C=O) groups excluding carboxylic acids is 2. The molecule has 0 saturated carbocycles. The predicted octanol–water partition coefficient (Wildman–Crippen LogP) is 1.63. The first-order valence-corrected chi connectivity index (χ1v) is 5.70. The molecule has 1 aromatic heterocycles. The van der Waals surface area contributed by atoms with Crippen LogP contribution in [-0.4, -0.2) is 16.8 Å². The number of halogens is 1. The smallest absolute Gasteiger partial charge is 0.260 e. The zero-order valence-electron chi connectivity index (χ0n) is 9.01. The van der Waals surface area contributed by atoms with Crippen LogP contribution in [0.2, 0.25) is 0 Å². The van der Waals surface area contributed by atoms with Crippen LogP contribution in [0.5, 0.6) is 0 Å². The molecule has 0 fully saturated rings. The second kappa shape index (κ2) is 4.92. The lowest BCUT2D eigenvalue weighted by Crippen LogP contribution is -2.11. The molecular weight excluding hydrogens is 257 g/mol. The van der Waals surface area contributed by atoms with Gasteiger partial charge in [0.15, 0.2) is 5.13 Å². The summed E-state index contributed by atoms with van der Waals surface area (Å²) in [6.45, 7) is 0. The van der Waals surface area contributed by atoms with E-state index in [0.29, 0.717) is 0 Å². The van der Waals surface area contributed by atoms with E-state index >= 15 is 0 Å². The molecular formula is C11H8FN3O2S. The van der Waals surface area contributed by atoms with Crippen LogP contribution in [0.3, 0.4) is 0 Å². The standard InChI is InChI=1S/C11H8FN3O2S/c12-7-3-1-2-6(4-7)10(17)15-11-14-5-8(18-11)9(13)16/h1-5H,(H2,13,16)(H,14,15,17). The number of nitrogens with zero attached hydrogens (tertiary/aromatic N) is 1. The molecule has 1 aromatic carbocycles. The molecule has 2 amide bonds. The van der Waals surface area contributed by atoms with E-state index < -0.39 is 17.6 Å². The number of primary amides is 1. The number of nitrogens with one attached hydrogen (secondary N) is 1. The van der Waals surface area contributed by atoms with E-state index in [1.54, 1.807) is 0 Å². The number of benzene rings is 1. The summed E-state index contributed by atoms with van der Waals surface area (Å²) >= 11 is 0.957. The van der Waals surface area contributed by atoms with Crippen molar-refractivity contribution in [2.45, 2.75) is 0 Å². The fraction of sp³-hybridized carbons (Fsp3) is 0. The Morgan fingerprint density at radius 3 is 2.78 bits per heavy atom. The Balaban J connectivity index is 2.13. The maximum atomic E-state index is 12.9. The van der Waals surface area contributed by atoms with Crippen molar-refractivity contribution in [2.75, 3.05) is 5.32 Å². The lowest BCUT2D eigenvalue weighted by Gasteiger charge is -2.01. The monoisotopic (exact) mass is 265 g/mol. The number of thiazole rings is 1. The van der Waals surface area contributed by atoms with Crippen molar-refractivity contribution < 1.29 is 14.0 Å². The van der Waals surface area contributed by atoms with E-state index in [-0.39, 0.29) is 15.6 Å². The molecule has 5 nitrogen and oxygen atoms in total. The van der Waals surface area contributed by atoms with Crippen LogP contribution in [0.4, 0.5) is 9.52 Å². The van der Waals surface area contributed by atoms with Gasteiger partial charge in [0.05, 0.1) is 6.20 Å². The highest BCUT2D eigenvalue weighted by atomic mass is 32.1. The van der Waals surface area contributed by atoms with Crippen LogP contribution in [0.15, 0.2) is 30.5 Å². The first-order valence-electron chi connectivity index (χ1n) is 4.89. The van der Waals surface area contributed by atoms with E-state index in [2.05, 4.69) is 10.3 Å². The lowest BCUT2D eigenvalue weighted by molar-refractivity contribution is 0.100. The minimum absolute atomic E-state index is 0.172. The van der Waals surface area contributed by atoms with E-state index in [1.165, 1.54) is 24.4 Å². The van der Waals surface area contributed by atoms with Crippen LogP contribution in [-0.2, 0) is 0 Å². The van der Waals surface area contributed by atoms with Crippen molar-refractivity contribution >= 4 is 28.3 Å². The van der Waals surface area contributed by atoms with Crippen molar-refractivity contribution in [3.8, 4) is 0 Å². The molecule has 0 atom stereocenters. The molecule has 1 heterocycles. The molecule has 2 rings (SSSR count). The van der Waals surface area contributed by atoms with Crippen LogP contribution in [0.25, 0.3) is 0 Å². The molecule has 92 valence electrons. The lowest BCUT2D eigenvalue weighted by atomic mass is 10.2. The molecule has 7 heteroatoms. The molecule has 0 bridgehead atoms. The molecule has 18 heavy (non-hydrogen) atoms. The number of hydrogen-bond donors (Lipinski definition) is 2. The van der Waals surface area contributed by atoms with E-state index in [9.17, 15) is 14.0 Å². The van der Waals surface area contributed by atoms with Gasteiger partial charge in [-0.25, -0.2) is 9.37 Å². The average molecular weight is 265 g/mol. The Morgan fingerprint density at radius 2 is 2.17 bits per heavy atom. The number of hydrogen-bond acceptors (Lipinski definition) is 4. The molecule has 0 aliphatic rings. The summed E-state index contributed by atoms with van der Waals surface area (Å²) in [7, 11) is 0. The van der Waals surface area contributed by atoms with Gasteiger partial charge in [0.1, 0.15) is 10.7 Å². The maximum Gasteiger partial charge on any atom is 0.260 e. The molecule has 0 saturated heterocycles. The summed E-state index contributed by atoms with van der Waals surface area (Å²) in [5.41, 5.74) is 5.23. The minimum atomic E-state index is -0.612. The average Bonchev–Trinajstić information content (AvgIpc) is 2.77. The number of rotatable bonds is 3. The quantitative estimate of drug-likeness (QED) is 0.884. The summed E-state index contributed by atoms with van der Waals surface area (Å²) in [6.07, 6.45) is 1.27. The van der Waals surface area contributed by atoms with Crippen LogP contribution in [0, 0.1) is 5.82 Å². The van der Waals surface area contributed by atoms with Crippen LogP contribution < -0.4 is 11.1 Å².